The molecule has 2 aromatic rings. The normalized spacial score (nSPS) is 12.2. The Labute approximate surface area is 111 Å². The van der Waals surface area contributed by atoms with Crippen molar-refractivity contribution >= 4 is 11.4 Å². The van der Waals surface area contributed by atoms with Gasteiger partial charge in [0.2, 0.25) is 0 Å². The minimum absolute atomic E-state index is 0.0486. The van der Waals surface area contributed by atoms with Gasteiger partial charge in [-0.2, -0.15) is 0 Å². The molecule has 0 aromatic heterocycles. The van der Waals surface area contributed by atoms with Crippen LogP contribution in [0.4, 0.5) is 15.8 Å². The van der Waals surface area contributed by atoms with Gasteiger partial charge in [-0.1, -0.05) is 24.3 Å². The van der Waals surface area contributed by atoms with E-state index in [0.29, 0.717) is 12.1 Å². The monoisotopic (exact) mass is 260 g/mol. The zero-order chi connectivity index (χ0) is 13.8. The lowest BCUT2D eigenvalue weighted by Gasteiger charge is -2.15. The average Bonchev–Trinajstić information content (AvgIpc) is 2.40. The Hall–Kier alpha value is -2.07. The van der Waals surface area contributed by atoms with E-state index in [9.17, 15) is 9.50 Å². The Balaban J connectivity index is 2.03. The summed E-state index contributed by atoms with van der Waals surface area (Å²) in [6.07, 6.45) is -0.734. The number of aliphatic hydroxyl groups is 1. The van der Waals surface area contributed by atoms with Crippen LogP contribution in [0.2, 0.25) is 0 Å². The molecule has 4 N–H and O–H groups in total. The first-order chi connectivity index (χ1) is 9.08. The molecule has 0 heterocycles. The van der Waals surface area contributed by atoms with E-state index in [0.717, 1.165) is 11.3 Å². The van der Waals surface area contributed by atoms with Crippen molar-refractivity contribution in [1.29, 1.82) is 0 Å². The Kier molecular flexibility index (Phi) is 4.02. The number of rotatable bonds is 4. The van der Waals surface area contributed by atoms with Crippen molar-refractivity contribution < 1.29 is 9.50 Å². The number of nitrogen functional groups attached to an aromatic ring is 1. The summed E-state index contributed by atoms with van der Waals surface area (Å²) in [6.45, 7) is 2.33. The predicted molar refractivity (Wildman–Crippen MR) is 75.4 cm³/mol. The van der Waals surface area contributed by atoms with Crippen LogP contribution < -0.4 is 11.1 Å². The molecular formula is C15H17FN2O. The van der Waals surface area contributed by atoms with Gasteiger partial charge < -0.3 is 16.2 Å². The number of para-hydroxylation sites is 1. The van der Waals surface area contributed by atoms with Crippen LogP contribution in [0, 0.1) is 12.7 Å². The number of aliphatic hydroxyl groups excluding tert-OH is 1. The van der Waals surface area contributed by atoms with Crippen molar-refractivity contribution in [2.75, 3.05) is 17.6 Å². The summed E-state index contributed by atoms with van der Waals surface area (Å²) < 4.78 is 13.0. The van der Waals surface area contributed by atoms with Crippen molar-refractivity contribution in [2.24, 2.45) is 0 Å². The molecule has 0 fully saturated rings. The molecule has 0 bridgehead atoms. The fraction of sp³-hybridized carbons (Fsp3) is 0.200. The van der Waals surface area contributed by atoms with Gasteiger partial charge in [-0.15, -0.1) is 0 Å². The largest absolute Gasteiger partial charge is 0.396 e. The van der Waals surface area contributed by atoms with Crippen LogP contribution in [0.1, 0.15) is 17.2 Å². The van der Waals surface area contributed by atoms with E-state index in [1.54, 1.807) is 0 Å². The number of nitrogens with one attached hydrogen (secondary N) is 1. The summed E-state index contributed by atoms with van der Waals surface area (Å²) in [5, 5.41) is 13.2. The van der Waals surface area contributed by atoms with Gasteiger partial charge in [-0.25, -0.2) is 4.39 Å². The van der Waals surface area contributed by atoms with E-state index in [1.165, 1.54) is 18.2 Å². The van der Waals surface area contributed by atoms with Gasteiger partial charge in [0.15, 0.2) is 0 Å². The van der Waals surface area contributed by atoms with Crippen LogP contribution in [0.5, 0.6) is 0 Å². The molecule has 19 heavy (non-hydrogen) atoms. The fourth-order valence-corrected chi connectivity index (χ4v) is 1.87. The van der Waals surface area contributed by atoms with Crippen molar-refractivity contribution in [3.63, 3.8) is 0 Å². The third-order valence-corrected chi connectivity index (χ3v) is 3.04. The molecule has 0 aliphatic heterocycles. The summed E-state index contributed by atoms with van der Waals surface area (Å²) in [4.78, 5) is 0. The average molecular weight is 260 g/mol. The van der Waals surface area contributed by atoms with Gasteiger partial charge in [0.05, 0.1) is 11.8 Å². The standard InChI is InChI=1S/C15H17FN2O/c1-10-4-2-3-5-14(10)18-9-15(19)11-6-7-12(16)13(17)8-11/h2-8,15,18-19H,9,17H2,1H3. The maximum Gasteiger partial charge on any atom is 0.146 e. The lowest BCUT2D eigenvalue weighted by Crippen LogP contribution is -2.13. The molecule has 0 aliphatic carbocycles. The highest BCUT2D eigenvalue weighted by molar-refractivity contribution is 5.50. The molecule has 3 nitrogen and oxygen atoms in total. The number of benzene rings is 2. The smallest absolute Gasteiger partial charge is 0.146 e. The molecule has 1 unspecified atom stereocenters. The van der Waals surface area contributed by atoms with E-state index < -0.39 is 11.9 Å². The van der Waals surface area contributed by atoms with Crippen LogP contribution >= 0.6 is 0 Å². The van der Waals surface area contributed by atoms with Crippen LogP contribution in [0.25, 0.3) is 0 Å². The van der Waals surface area contributed by atoms with E-state index >= 15 is 0 Å². The molecule has 0 amide bonds. The van der Waals surface area contributed by atoms with Crippen LogP contribution in [-0.4, -0.2) is 11.7 Å². The number of hydrogen-bond donors (Lipinski definition) is 3. The number of anilines is 2. The van der Waals surface area contributed by atoms with Gasteiger partial charge in [0.25, 0.3) is 0 Å². The second-order valence-corrected chi connectivity index (χ2v) is 4.49. The van der Waals surface area contributed by atoms with E-state index in [2.05, 4.69) is 5.32 Å². The van der Waals surface area contributed by atoms with E-state index in [1.807, 2.05) is 31.2 Å². The number of nitrogens with two attached hydrogens (primary N) is 1. The van der Waals surface area contributed by atoms with Crippen LogP contribution in [0.3, 0.4) is 0 Å². The molecule has 4 heteroatoms. The minimum atomic E-state index is -0.734. The molecule has 100 valence electrons. The van der Waals surface area contributed by atoms with Gasteiger partial charge in [-0.05, 0) is 36.2 Å². The first kappa shape index (κ1) is 13.4. The first-order valence-electron chi connectivity index (χ1n) is 6.10. The molecular weight excluding hydrogens is 243 g/mol. The Morgan fingerprint density at radius 3 is 2.68 bits per heavy atom. The quantitative estimate of drug-likeness (QED) is 0.741. The summed E-state index contributed by atoms with van der Waals surface area (Å²) >= 11 is 0. The summed E-state index contributed by atoms with van der Waals surface area (Å²) in [5.41, 5.74) is 8.20. The summed E-state index contributed by atoms with van der Waals surface area (Å²) in [7, 11) is 0. The predicted octanol–water partition coefficient (Wildman–Crippen LogP) is 2.86. The molecule has 0 aliphatic rings. The highest BCUT2D eigenvalue weighted by Crippen LogP contribution is 2.20. The van der Waals surface area contributed by atoms with Gasteiger partial charge >= 0.3 is 0 Å². The minimum Gasteiger partial charge on any atom is -0.396 e. The number of halogens is 1. The molecule has 0 saturated heterocycles. The third kappa shape index (κ3) is 3.23. The van der Waals surface area contributed by atoms with Crippen LogP contribution in [-0.2, 0) is 0 Å². The Morgan fingerprint density at radius 1 is 1.26 bits per heavy atom. The third-order valence-electron chi connectivity index (χ3n) is 3.04. The van der Waals surface area contributed by atoms with Gasteiger partial charge in [-0.3, -0.25) is 0 Å². The Morgan fingerprint density at radius 2 is 2.00 bits per heavy atom. The second-order valence-electron chi connectivity index (χ2n) is 4.49. The van der Waals surface area contributed by atoms with E-state index in [4.69, 9.17) is 5.73 Å². The fourth-order valence-electron chi connectivity index (χ4n) is 1.87. The highest BCUT2D eigenvalue weighted by Gasteiger charge is 2.09. The zero-order valence-electron chi connectivity index (χ0n) is 10.7. The van der Waals surface area contributed by atoms with Crippen molar-refractivity contribution in [3.8, 4) is 0 Å². The molecule has 0 spiro atoms. The second kappa shape index (κ2) is 5.71. The first-order valence-corrected chi connectivity index (χ1v) is 6.10. The molecule has 1 atom stereocenters. The highest BCUT2D eigenvalue weighted by atomic mass is 19.1. The van der Waals surface area contributed by atoms with Gasteiger partial charge in [0, 0.05) is 12.2 Å². The van der Waals surface area contributed by atoms with Crippen molar-refractivity contribution in [1.82, 2.24) is 0 Å². The van der Waals surface area contributed by atoms with Crippen molar-refractivity contribution in [3.05, 3.63) is 59.4 Å². The Bertz CT molecular complexity index is 572. The SMILES string of the molecule is Cc1ccccc1NCC(O)c1ccc(F)c(N)c1. The van der Waals surface area contributed by atoms with Crippen molar-refractivity contribution in [2.45, 2.75) is 13.0 Å². The molecule has 0 saturated carbocycles. The maximum atomic E-state index is 13.0. The number of hydrogen-bond acceptors (Lipinski definition) is 3. The zero-order valence-corrected chi connectivity index (χ0v) is 10.7. The lowest BCUT2D eigenvalue weighted by molar-refractivity contribution is 0.191. The lowest BCUT2D eigenvalue weighted by atomic mass is 10.1. The molecule has 2 aromatic carbocycles. The summed E-state index contributed by atoms with van der Waals surface area (Å²) in [6, 6.07) is 12.1. The maximum absolute atomic E-state index is 13.0. The van der Waals surface area contributed by atoms with Crippen LogP contribution in [0.15, 0.2) is 42.5 Å². The molecule has 0 radical (unpaired) electrons. The number of aryl methyl sites for hydroxylation is 1. The summed E-state index contributed by atoms with van der Waals surface area (Å²) in [5.74, 6) is -0.470. The molecule has 2 rings (SSSR count). The topological polar surface area (TPSA) is 58.3 Å². The van der Waals surface area contributed by atoms with Gasteiger partial charge in [0.1, 0.15) is 5.82 Å². The van der Waals surface area contributed by atoms with E-state index in [-0.39, 0.29) is 5.69 Å².